The molecule has 0 saturated carbocycles. The van der Waals surface area contributed by atoms with Gasteiger partial charge >= 0.3 is 6.18 Å². The minimum absolute atomic E-state index is 0.0698. The van der Waals surface area contributed by atoms with Crippen molar-refractivity contribution in [1.82, 2.24) is 9.78 Å². The second-order valence-electron chi connectivity index (χ2n) is 7.34. The van der Waals surface area contributed by atoms with E-state index in [9.17, 15) is 13.2 Å². The van der Waals surface area contributed by atoms with E-state index in [1.54, 1.807) is 12.1 Å². The molecule has 3 nitrogen and oxygen atoms in total. The van der Waals surface area contributed by atoms with Crippen LogP contribution in [0.15, 0.2) is 40.8 Å². The third kappa shape index (κ3) is 5.04. The van der Waals surface area contributed by atoms with Crippen LogP contribution in [0.2, 0.25) is 5.02 Å². The zero-order valence-corrected chi connectivity index (χ0v) is 17.4. The smallest absolute Gasteiger partial charge is 0.417 e. The lowest BCUT2D eigenvalue weighted by Crippen LogP contribution is -2.11. The topological polar surface area (TPSA) is 31.0 Å². The molecule has 2 aromatic heterocycles. The summed E-state index contributed by atoms with van der Waals surface area (Å²) in [4.78, 5) is 0. The van der Waals surface area contributed by atoms with Crippen molar-refractivity contribution in [2.24, 2.45) is 0 Å². The Morgan fingerprint density at radius 1 is 1.17 bits per heavy atom. The third-order valence-corrected chi connectivity index (χ3v) is 5.22. The van der Waals surface area contributed by atoms with Gasteiger partial charge in [0.1, 0.15) is 11.5 Å². The maximum absolute atomic E-state index is 13.1. The number of aryl methyl sites for hydroxylation is 2. The SMILES string of the molecule is CCCCc1cc(C)n(C(C)Cc2ccc(-c3ccc(Cl)c(C(F)(F)F)c3)o2)n1. The van der Waals surface area contributed by atoms with Gasteiger partial charge in [0.2, 0.25) is 0 Å². The quantitative estimate of drug-likeness (QED) is 0.399. The van der Waals surface area contributed by atoms with Gasteiger partial charge in [-0.3, -0.25) is 4.68 Å². The molecule has 0 saturated heterocycles. The standard InChI is InChI=1S/C22H24ClF3N2O/c1-4-5-6-17-11-14(2)28(27-17)15(3)12-18-8-10-21(29-18)16-7-9-20(23)19(13-16)22(24,25)26/h7-11,13,15H,4-6,12H2,1-3H3. The lowest BCUT2D eigenvalue weighted by molar-refractivity contribution is -0.137. The summed E-state index contributed by atoms with van der Waals surface area (Å²) in [7, 11) is 0. The first-order valence-electron chi connectivity index (χ1n) is 9.70. The maximum Gasteiger partial charge on any atom is 0.417 e. The monoisotopic (exact) mass is 424 g/mol. The zero-order chi connectivity index (χ0) is 21.2. The van der Waals surface area contributed by atoms with Crippen molar-refractivity contribution in [3.05, 3.63) is 64.1 Å². The lowest BCUT2D eigenvalue weighted by atomic mass is 10.1. The number of alkyl halides is 3. The fourth-order valence-corrected chi connectivity index (χ4v) is 3.62. The number of rotatable bonds is 7. The molecule has 0 bridgehead atoms. The minimum Gasteiger partial charge on any atom is -0.461 e. The second-order valence-corrected chi connectivity index (χ2v) is 7.74. The highest BCUT2D eigenvalue weighted by molar-refractivity contribution is 6.31. The Labute approximate surface area is 173 Å². The maximum atomic E-state index is 13.1. The van der Waals surface area contributed by atoms with E-state index in [0.717, 1.165) is 36.7 Å². The Morgan fingerprint density at radius 3 is 2.62 bits per heavy atom. The van der Waals surface area contributed by atoms with Crippen LogP contribution in [-0.4, -0.2) is 9.78 Å². The summed E-state index contributed by atoms with van der Waals surface area (Å²) in [5, 5.41) is 4.37. The number of benzene rings is 1. The van der Waals surface area contributed by atoms with Gasteiger partial charge in [-0.15, -0.1) is 0 Å². The number of hydrogen-bond acceptors (Lipinski definition) is 2. The first kappa shape index (κ1) is 21.5. The molecule has 0 amide bonds. The van der Waals surface area contributed by atoms with Gasteiger partial charge in [0.05, 0.1) is 22.3 Å². The molecule has 3 aromatic rings. The third-order valence-electron chi connectivity index (χ3n) is 4.89. The summed E-state index contributed by atoms with van der Waals surface area (Å²) in [6.45, 7) is 6.23. The van der Waals surface area contributed by atoms with Crippen molar-refractivity contribution in [3.63, 3.8) is 0 Å². The van der Waals surface area contributed by atoms with E-state index in [4.69, 9.17) is 21.1 Å². The molecule has 0 fully saturated rings. The highest BCUT2D eigenvalue weighted by Gasteiger charge is 2.33. The lowest BCUT2D eigenvalue weighted by Gasteiger charge is -2.13. The van der Waals surface area contributed by atoms with Gasteiger partial charge in [-0.25, -0.2) is 0 Å². The van der Waals surface area contributed by atoms with E-state index in [-0.39, 0.29) is 11.1 Å². The van der Waals surface area contributed by atoms with Crippen LogP contribution in [0, 0.1) is 6.92 Å². The molecule has 1 atom stereocenters. The van der Waals surface area contributed by atoms with Crippen LogP contribution in [0.1, 0.15) is 55.4 Å². The largest absolute Gasteiger partial charge is 0.461 e. The fourth-order valence-electron chi connectivity index (χ4n) is 3.40. The van der Waals surface area contributed by atoms with Gasteiger partial charge in [0.15, 0.2) is 0 Å². The van der Waals surface area contributed by atoms with E-state index in [1.807, 2.05) is 11.6 Å². The normalized spacial score (nSPS) is 13.1. The van der Waals surface area contributed by atoms with Crippen LogP contribution in [0.5, 0.6) is 0 Å². The highest BCUT2D eigenvalue weighted by Crippen LogP contribution is 2.37. The number of nitrogens with zero attached hydrogens (tertiary/aromatic N) is 2. The minimum atomic E-state index is -4.51. The van der Waals surface area contributed by atoms with Gasteiger partial charge in [0, 0.05) is 17.7 Å². The summed E-state index contributed by atoms with van der Waals surface area (Å²) in [6.07, 6.45) is -0.732. The van der Waals surface area contributed by atoms with Crippen molar-refractivity contribution in [1.29, 1.82) is 0 Å². The summed E-state index contributed by atoms with van der Waals surface area (Å²) >= 11 is 5.70. The predicted octanol–water partition coefficient (Wildman–Crippen LogP) is 7.27. The first-order chi connectivity index (χ1) is 13.7. The second kappa shape index (κ2) is 8.66. The summed E-state index contributed by atoms with van der Waals surface area (Å²) in [5.41, 5.74) is 1.65. The van der Waals surface area contributed by atoms with Crippen molar-refractivity contribution >= 4 is 11.6 Å². The molecule has 29 heavy (non-hydrogen) atoms. The Kier molecular flexibility index (Phi) is 6.42. The zero-order valence-electron chi connectivity index (χ0n) is 16.7. The molecule has 7 heteroatoms. The molecule has 0 radical (unpaired) electrons. The number of aromatic nitrogens is 2. The first-order valence-corrected chi connectivity index (χ1v) is 10.1. The van der Waals surface area contributed by atoms with Crippen molar-refractivity contribution in [2.45, 2.75) is 58.7 Å². The number of hydrogen-bond donors (Lipinski definition) is 0. The molecule has 0 aliphatic rings. The average molecular weight is 425 g/mol. The molecule has 1 aromatic carbocycles. The molecule has 2 heterocycles. The van der Waals surface area contributed by atoms with Gasteiger partial charge in [-0.05, 0) is 63.1 Å². The van der Waals surface area contributed by atoms with Crippen molar-refractivity contribution in [3.8, 4) is 11.3 Å². The van der Waals surface area contributed by atoms with Crippen LogP contribution < -0.4 is 0 Å². The predicted molar refractivity (Wildman–Crippen MR) is 108 cm³/mol. The van der Waals surface area contributed by atoms with Gasteiger partial charge in [-0.2, -0.15) is 18.3 Å². The molecule has 1 unspecified atom stereocenters. The van der Waals surface area contributed by atoms with E-state index in [2.05, 4.69) is 19.9 Å². The molecule has 0 spiro atoms. The summed E-state index contributed by atoms with van der Waals surface area (Å²) in [5.74, 6) is 1.08. The molecule has 156 valence electrons. The number of unbranched alkanes of at least 4 members (excludes halogenated alkanes) is 1. The van der Waals surface area contributed by atoms with Crippen LogP contribution in [0.3, 0.4) is 0 Å². The summed E-state index contributed by atoms with van der Waals surface area (Å²) in [6, 6.07) is 9.45. The molecule has 0 aliphatic heterocycles. The number of halogens is 4. The Balaban J connectivity index is 1.76. The Bertz CT molecular complexity index is 975. The average Bonchev–Trinajstić information content (AvgIpc) is 3.26. The van der Waals surface area contributed by atoms with Gasteiger partial charge in [-0.1, -0.05) is 24.9 Å². The Hall–Kier alpha value is -2.21. The van der Waals surface area contributed by atoms with Crippen molar-refractivity contribution in [2.75, 3.05) is 0 Å². The van der Waals surface area contributed by atoms with E-state index in [0.29, 0.717) is 23.5 Å². The molecule has 0 aliphatic carbocycles. The van der Waals surface area contributed by atoms with Crippen LogP contribution >= 0.6 is 11.6 Å². The van der Waals surface area contributed by atoms with Crippen molar-refractivity contribution < 1.29 is 17.6 Å². The van der Waals surface area contributed by atoms with E-state index >= 15 is 0 Å². The van der Waals surface area contributed by atoms with Crippen LogP contribution in [-0.2, 0) is 19.0 Å². The molecular formula is C22H24ClF3N2O. The Morgan fingerprint density at radius 2 is 1.93 bits per heavy atom. The van der Waals surface area contributed by atoms with Gasteiger partial charge in [0.25, 0.3) is 0 Å². The van der Waals surface area contributed by atoms with E-state index < -0.39 is 11.7 Å². The molecule has 0 N–H and O–H groups in total. The van der Waals surface area contributed by atoms with Gasteiger partial charge < -0.3 is 4.42 Å². The summed E-state index contributed by atoms with van der Waals surface area (Å²) < 4.78 is 47.1. The van der Waals surface area contributed by atoms with Crippen LogP contribution in [0.4, 0.5) is 13.2 Å². The number of furan rings is 1. The molecular weight excluding hydrogens is 401 g/mol. The van der Waals surface area contributed by atoms with Crippen LogP contribution in [0.25, 0.3) is 11.3 Å². The van der Waals surface area contributed by atoms with E-state index in [1.165, 1.54) is 12.1 Å². The fraction of sp³-hybridized carbons (Fsp3) is 0.409. The molecule has 3 rings (SSSR count). The highest BCUT2D eigenvalue weighted by atomic mass is 35.5.